The molecule has 11 heteroatoms. The van der Waals surface area contributed by atoms with Crippen LogP contribution in [0.1, 0.15) is 11.3 Å². The molecule has 176 valence electrons. The van der Waals surface area contributed by atoms with Crippen LogP contribution in [0.5, 0.6) is 5.75 Å². The Morgan fingerprint density at radius 2 is 1.88 bits per heavy atom. The molecule has 1 N–H and O–H groups in total. The summed E-state index contributed by atoms with van der Waals surface area (Å²) in [7, 11) is -4.37. The zero-order valence-electron chi connectivity index (χ0n) is 17.9. The summed E-state index contributed by atoms with van der Waals surface area (Å²) in [5.41, 5.74) is 2.61. The molecule has 2 aromatic heterocycles. The number of pyridine rings is 1. The summed E-state index contributed by atoms with van der Waals surface area (Å²) in [4.78, 5) is 15.4. The second kappa shape index (κ2) is 9.37. The normalized spacial score (nSPS) is 12.5. The summed E-state index contributed by atoms with van der Waals surface area (Å²) in [5.74, 6) is -1.32. The molecule has 0 bridgehead atoms. The van der Waals surface area contributed by atoms with Gasteiger partial charge in [0.25, 0.3) is 0 Å². The highest BCUT2D eigenvalue weighted by atomic mass is 32.2. The minimum absolute atomic E-state index is 0.00220. The first-order valence-corrected chi connectivity index (χ1v) is 12.7. The first-order chi connectivity index (χ1) is 16.2. The van der Waals surface area contributed by atoms with Crippen LogP contribution in [0.3, 0.4) is 0 Å². The molecule has 4 rings (SSSR count). The van der Waals surface area contributed by atoms with Gasteiger partial charge in [-0.25, -0.2) is 0 Å². The Kier molecular flexibility index (Phi) is 6.51. The van der Waals surface area contributed by atoms with Crippen LogP contribution in [0, 0.1) is 6.92 Å². The number of rotatable bonds is 8. The van der Waals surface area contributed by atoms with E-state index in [2.05, 4.69) is 4.98 Å². The van der Waals surface area contributed by atoms with Gasteiger partial charge in [0.1, 0.15) is 17.2 Å². The second-order valence-corrected chi connectivity index (χ2v) is 9.88. The van der Waals surface area contributed by atoms with E-state index in [1.54, 1.807) is 36.7 Å². The summed E-state index contributed by atoms with van der Waals surface area (Å²) < 4.78 is 55.2. The number of fused-ring (bicyclic) bond motifs is 1. The average molecular weight is 500 g/mol. The maximum Gasteiger partial charge on any atom is 0.341 e. The van der Waals surface area contributed by atoms with Gasteiger partial charge in [-0.05, 0) is 48.4 Å². The van der Waals surface area contributed by atoms with Crippen molar-refractivity contribution < 1.29 is 31.3 Å². The van der Waals surface area contributed by atoms with Gasteiger partial charge in [0.15, 0.2) is 0 Å². The number of carboxylic acids is 1. The van der Waals surface area contributed by atoms with Crippen LogP contribution in [0.4, 0.5) is 0 Å². The first kappa shape index (κ1) is 23.6. The van der Waals surface area contributed by atoms with Gasteiger partial charge in [-0.3, -0.25) is 14.0 Å². The summed E-state index contributed by atoms with van der Waals surface area (Å²) in [6.45, 7) is 1.10. The van der Waals surface area contributed by atoms with Crippen molar-refractivity contribution in [2.75, 3.05) is 0 Å². The molecule has 0 aliphatic carbocycles. The third kappa shape index (κ3) is 4.86. The van der Waals surface area contributed by atoms with Gasteiger partial charge in [0, 0.05) is 34.8 Å². The van der Waals surface area contributed by atoms with E-state index in [1.165, 1.54) is 35.8 Å². The molecule has 1 atom stereocenters. The van der Waals surface area contributed by atoms with E-state index in [-0.39, 0.29) is 22.1 Å². The Morgan fingerprint density at radius 3 is 2.50 bits per heavy atom. The molecular formula is C23H19N2O7S2-. The van der Waals surface area contributed by atoms with Crippen molar-refractivity contribution in [1.29, 1.82) is 0 Å². The lowest BCUT2D eigenvalue weighted by Crippen LogP contribution is -2.13. The number of nitrogens with zero attached hydrogens (tertiary/aromatic N) is 2. The maximum absolute atomic E-state index is 13.4. The highest BCUT2D eigenvalue weighted by Gasteiger charge is 2.28. The molecular weight excluding hydrogens is 480 g/mol. The highest BCUT2D eigenvalue weighted by molar-refractivity contribution is 7.87. The molecule has 34 heavy (non-hydrogen) atoms. The van der Waals surface area contributed by atoms with Crippen molar-refractivity contribution in [2.45, 2.75) is 24.1 Å². The molecule has 9 nitrogen and oxygen atoms in total. The van der Waals surface area contributed by atoms with Gasteiger partial charge in [-0.2, -0.15) is 8.42 Å². The van der Waals surface area contributed by atoms with E-state index < -0.39 is 33.7 Å². The number of carbonyl (C=O) groups is 1. The average Bonchev–Trinajstić information content (AvgIpc) is 3.06. The highest BCUT2D eigenvalue weighted by Crippen LogP contribution is 2.35. The molecule has 0 saturated carbocycles. The minimum Gasteiger partial charge on any atom is -0.772 e. The molecule has 0 aliphatic heterocycles. The predicted molar refractivity (Wildman–Crippen MR) is 124 cm³/mol. The molecule has 0 saturated heterocycles. The van der Waals surface area contributed by atoms with Crippen LogP contribution in [0.25, 0.3) is 22.0 Å². The van der Waals surface area contributed by atoms with Crippen molar-refractivity contribution >= 4 is 38.1 Å². The van der Waals surface area contributed by atoms with E-state index in [4.69, 9.17) is 4.18 Å². The van der Waals surface area contributed by atoms with E-state index in [0.717, 1.165) is 5.56 Å². The fourth-order valence-corrected chi connectivity index (χ4v) is 5.58. The lowest BCUT2D eigenvalue weighted by molar-refractivity contribution is -0.137. The lowest BCUT2D eigenvalue weighted by Gasteiger charge is -2.10. The molecule has 0 spiro atoms. The van der Waals surface area contributed by atoms with Crippen LogP contribution in [-0.4, -0.2) is 37.8 Å². The van der Waals surface area contributed by atoms with E-state index in [1.807, 2.05) is 6.07 Å². The van der Waals surface area contributed by atoms with Crippen LogP contribution in [0.15, 0.2) is 71.9 Å². The van der Waals surface area contributed by atoms with Crippen molar-refractivity contribution in [3.8, 4) is 16.9 Å². The monoisotopic (exact) mass is 499 g/mol. The van der Waals surface area contributed by atoms with E-state index in [9.17, 15) is 27.1 Å². The quantitative estimate of drug-likeness (QED) is 0.288. The zero-order valence-corrected chi connectivity index (χ0v) is 19.5. The number of hydrogen-bond acceptors (Lipinski definition) is 7. The lowest BCUT2D eigenvalue weighted by atomic mass is 10.1. The van der Waals surface area contributed by atoms with Gasteiger partial charge < -0.3 is 18.4 Å². The molecule has 0 amide bonds. The fraction of sp³-hybridized carbons (Fsp3) is 0.130. The molecule has 2 heterocycles. The largest absolute Gasteiger partial charge is 0.772 e. The summed E-state index contributed by atoms with van der Waals surface area (Å²) in [6.07, 6.45) is 3.27. The van der Waals surface area contributed by atoms with Gasteiger partial charge in [0.2, 0.25) is 0 Å². The Labute approximate surface area is 198 Å². The molecule has 2 aromatic carbocycles. The van der Waals surface area contributed by atoms with Crippen molar-refractivity contribution in [3.63, 3.8) is 0 Å². The van der Waals surface area contributed by atoms with Gasteiger partial charge >= 0.3 is 16.1 Å². The Balaban J connectivity index is 1.82. The van der Waals surface area contributed by atoms with Crippen LogP contribution in [0.2, 0.25) is 0 Å². The van der Waals surface area contributed by atoms with Crippen LogP contribution in [-0.2, 0) is 38.3 Å². The van der Waals surface area contributed by atoms with E-state index >= 15 is 0 Å². The van der Waals surface area contributed by atoms with Gasteiger partial charge in [0.05, 0.1) is 5.52 Å². The van der Waals surface area contributed by atoms with Crippen molar-refractivity contribution in [1.82, 2.24) is 9.55 Å². The minimum atomic E-state index is -4.37. The zero-order chi connectivity index (χ0) is 24.5. The number of hydrogen-bond donors (Lipinski definition) is 1. The molecule has 0 aliphatic rings. The van der Waals surface area contributed by atoms with Crippen LogP contribution < -0.4 is 4.18 Å². The number of carboxylic acid groups (broad SMARTS) is 1. The number of aliphatic carboxylic acids is 1. The van der Waals surface area contributed by atoms with Crippen molar-refractivity contribution in [2.24, 2.45) is 0 Å². The fourth-order valence-electron chi connectivity index (χ4n) is 3.76. The SMILES string of the molecule is Cc1c(S(=O)(=O)Oc2ccc(CS(=O)[O-])cc2)c2cc(-c3cccnc3)ccc2n1CC(=O)O. The third-order valence-electron chi connectivity index (χ3n) is 5.22. The molecule has 1 unspecified atom stereocenters. The topological polar surface area (TPSA) is 139 Å². The smallest absolute Gasteiger partial charge is 0.341 e. The Morgan fingerprint density at radius 1 is 1.15 bits per heavy atom. The number of benzene rings is 2. The van der Waals surface area contributed by atoms with Gasteiger partial charge in [-0.15, -0.1) is 0 Å². The maximum atomic E-state index is 13.4. The molecule has 0 fully saturated rings. The number of aromatic nitrogens is 2. The Bertz CT molecular complexity index is 1500. The first-order valence-electron chi connectivity index (χ1n) is 10.00. The van der Waals surface area contributed by atoms with Crippen molar-refractivity contribution in [3.05, 3.63) is 78.2 Å². The predicted octanol–water partition coefficient (Wildman–Crippen LogP) is 3.24. The summed E-state index contributed by atoms with van der Waals surface area (Å²) in [5, 5.41) is 9.68. The summed E-state index contributed by atoms with van der Waals surface area (Å²) in [6, 6.07) is 14.4. The molecule has 0 radical (unpaired) electrons. The third-order valence-corrected chi connectivity index (χ3v) is 7.21. The summed E-state index contributed by atoms with van der Waals surface area (Å²) >= 11 is -2.28. The Hall–Kier alpha value is -3.54. The van der Waals surface area contributed by atoms with E-state index in [0.29, 0.717) is 22.0 Å². The molecule has 4 aromatic rings. The second-order valence-electron chi connectivity index (χ2n) is 7.50. The standard InChI is InChI=1S/C23H20N2O7S2/c1-15-23(34(30,31)32-19-7-4-16(5-8-19)14-33(28)29)20-11-17(18-3-2-10-24-12-18)6-9-21(20)25(15)13-22(26)27/h2-12H,13-14H2,1H3,(H,26,27)(H,28,29)/p-1. The van der Waals surface area contributed by atoms with Gasteiger partial charge in [-0.1, -0.05) is 35.3 Å². The van der Waals surface area contributed by atoms with Crippen LogP contribution >= 0.6 is 0 Å².